The number of aromatic nitrogens is 2. The van der Waals surface area contributed by atoms with Gasteiger partial charge in [0.2, 0.25) is 5.91 Å². The van der Waals surface area contributed by atoms with Crippen LogP contribution in [0.3, 0.4) is 0 Å². The molecule has 1 atom stereocenters. The molecule has 0 spiro atoms. The minimum atomic E-state index is -0.441. The highest BCUT2D eigenvalue weighted by Gasteiger charge is 2.22. The smallest absolute Gasteiger partial charge is 0.321 e. The Bertz CT molecular complexity index is 843. The summed E-state index contributed by atoms with van der Waals surface area (Å²) in [6.07, 6.45) is 9.07. The second-order valence-electron chi connectivity index (χ2n) is 7.43. The number of nitrogens with zero attached hydrogens (tertiary/aromatic N) is 2. The summed E-state index contributed by atoms with van der Waals surface area (Å²) < 4.78 is 1.98. The van der Waals surface area contributed by atoms with Crippen LogP contribution in [0, 0.1) is 13.8 Å². The summed E-state index contributed by atoms with van der Waals surface area (Å²) in [6.45, 7) is 5.91. The summed E-state index contributed by atoms with van der Waals surface area (Å²) in [7, 11) is 0. The van der Waals surface area contributed by atoms with Crippen LogP contribution in [-0.4, -0.2) is 32.8 Å². The molecule has 1 aromatic heterocycles. The van der Waals surface area contributed by atoms with Gasteiger partial charge in [0.25, 0.3) is 0 Å². The Balaban J connectivity index is 1.60. The highest BCUT2D eigenvalue weighted by Crippen LogP contribution is 2.26. The standard InChI is InChI=1S/C21H28N4O2S/c1-14-9-10-18(15(2)13-14)25-12-11-22-21(25)28-16(3)19(26)24-20(27)23-17-7-5-4-6-8-17/h9-13,16-17H,4-8H2,1-3H3,(H2,23,24,26,27)/t16-/m0/s1. The van der Waals surface area contributed by atoms with E-state index in [1.54, 1.807) is 13.1 Å². The fraction of sp³-hybridized carbons (Fsp3) is 0.476. The monoisotopic (exact) mass is 400 g/mol. The van der Waals surface area contributed by atoms with Crippen LogP contribution in [0.2, 0.25) is 0 Å². The predicted octanol–water partition coefficient (Wildman–Crippen LogP) is 4.13. The summed E-state index contributed by atoms with van der Waals surface area (Å²) in [5, 5.41) is 5.67. The average Bonchev–Trinajstić information content (AvgIpc) is 3.10. The third kappa shape index (κ3) is 5.16. The van der Waals surface area contributed by atoms with Crippen LogP contribution in [0.15, 0.2) is 35.7 Å². The Labute approximate surface area is 170 Å². The van der Waals surface area contributed by atoms with Crippen molar-refractivity contribution in [2.24, 2.45) is 0 Å². The molecule has 3 amide bonds. The van der Waals surface area contributed by atoms with Crippen molar-refractivity contribution < 1.29 is 9.59 Å². The molecule has 3 rings (SSSR count). The number of hydrogen-bond donors (Lipinski definition) is 2. The maximum absolute atomic E-state index is 12.5. The van der Waals surface area contributed by atoms with Crippen molar-refractivity contribution >= 4 is 23.7 Å². The molecule has 0 radical (unpaired) electrons. The quantitative estimate of drug-likeness (QED) is 0.740. The molecule has 150 valence electrons. The van der Waals surface area contributed by atoms with Gasteiger partial charge in [-0.05, 0) is 45.2 Å². The van der Waals surface area contributed by atoms with E-state index in [2.05, 4.69) is 47.7 Å². The van der Waals surface area contributed by atoms with Gasteiger partial charge in [0.1, 0.15) is 0 Å². The molecule has 7 heteroatoms. The van der Waals surface area contributed by atoms with Crippen LogP contribution in [0.1, 0.15) is 50.2 Å². The van der Waals surface area contributed by atoms with Crippen LogP contribution in [0.4, 0.5) is 4.79 Å². The third-order valence-electron chi connectivity index (χ3n) is 5.05. The highest BCUT2D eigenvalue weighted by atomic mass is 32.2. The summed E-state index contributed by atoms with van der Waals surface area (Å²) in [6, 6.07) is 6.01. The van der Waals surface area contributed by atoms with E-state index in [0.29, 0.717) is 0 Å². The molecule has 2 aromatic rings. The molecule has 28 heavy (non-hydrogen) atoms. The number of imide groups is 1. The van der Waals surface area contributed by atoms with Gasteiger partial charge in [-0.3, -0.25) is 14.7 Å². The zero-order chi connectivity index (χ0) is 20.1. The van der Waals surface area contributed by atoms with Gasteiger partial charge in [-0.1, -0.05) is 48.7 Å². The fourth-order valence-corrected chi connectivity index (χ4v) is 4.41. The molecule has 6 nitrogen and oxygen atoms in total. The largest absolute Gasteiger partial charge is 0.335 e. The lowest BCUT2D eigenvalue weighted by Gasteiger charge is -2.23. The molecule has 1 saturated carbocycles. The van der Waals surface area contributed by atoms with Crippen molar-refractivity contribution in [1.29, 1.82) is 0 Å². The van der Waals surface area contributed by atoms with Crippen LogP contribution in [0.25, 0.3) is 5.69 Å². The van der Waals surface area contributed by atoms with Crippen molar-refractivity contribution in [3.05, 3.63) is 41.7 Å². The molecule has 1 fully saturated rings. The SMILES string of the molecule is Cc1ccc(-n2ccnc2S[C@@H](C)C(=O)NC(=O)NC2CCCCC2)c(C)c1. The lowest BCUT2D eigenvalue weighted by Crippen LogP contribution is -2.47. The number of hydrogen-bond acceptors (Lipinski definition) is 4. The molecule has 1 aliphatic carbocycles. The van der Waals surface area contributed by atoms with Gasteiger partial charge in [-0.15, -0.1) is 0 Å². The number of nitrogens with one attached hydrogen (secondary N) is 2. The maximum atomic E-state index is 12.5. The molecular formula is C21H28N4O2S. The number of thioether (sulfide) groups is 1. The van der Waals surface area contributed by atoms with Gasteiger partial charge in [0, 0.05) is 18.4 Å². The van der Waals surface area contributed by atoms with Gasteiger partial charge in [-0.2, -0.15) is 0 Å². The highest BCUT2D eigenvalue weighted by molar-refractivity contribution is 8.00. The number of aryl methyl sites for hydroxylation is 2. The minimum absolute atomic E-state index is 0.174. The van der Waals surface area contributed by atoms with Gasteiger partial charge < -0.3 is 5.32 Å². The number of rotatable bonds is 5. The summed E-state index contributed by atoms with van der Waals surface area (Å²) in [5.41, 5.74) is 3.38. The Hall–Kier alpha value is -2.28. The Morgan fingerprint density at radius 1 is 1.21 bits per heavy atom. The van der Waals surface area contributed by atoms with Crippen molar-refractivity contribution in [2.75, 3.05) is 0 Å². The summed E-state index contributed by atoms with van der Waals surface area (Å²) in [4.78, 5) is 29.0. The molecule has 1 heterocycles. The number of carbonyl (C=O) groups excluding carboxylic acids is 2. The van der Waals surface area contributed by atoms with Crippen LogP contribution in [0.5, 0.6) is 0 Å². The second-order valence-corrected chi connectivity index (χ2v) is 8.74. The Kier molecular flexibility index (Phi) is 6.78. The Morgan fingerprint density at radius 2 is 1.96 bits per heavy atom. The lowest BCUT2D eigenvalue weighted by atomic mass is 9.96. The first-order chi connectivity index (χ1) is 13.4. The number of amides is 3. The van der Waals surface area contributed by atoms with Gasteiger partial charge in [0.15, 0.2) is 5.16 Å². The van der Waals surface area contributed by atoms with Crippen LogP contribution in [-0.2, 0) is 4.79 Å². The maximum Gasteiger partial charge on any atom is 0.321 e. The number of urea groups is 1. The first kappa shape index (κ1) is 20.5. The number of carbonyl (C=O) groups is 2. The molecule has 0 saturated heterocycles. The zero-order valence-electron chi connectivity index (χ0n) is 16.7. The van der Waals surface area contributed by atoms with Gasteiger partial charge in [0.05, 0.1) is 10.9 Å². The van der Waals surface area contributed by atoms with E-state index in [1.165, 1.54) is 23.7 Å². The number of imidazole rings is 1. The van der Waals surface area contributed by atoms with Crippen molar-refractivity contribution in [3.8, 4) is 5.69 Å². The van der Waals surface area contributed by atoms with E-state index in [1.807, 2.05) is 10.8 Å². The first-order valence-electron chi connectivity index (χ1n) is 9.83. The van der Waals surface area contributed by atoms with E-state index in [9.17, 15) is 9.59 Å². The van der Waals surface area contributed by atoms with Gasteiger partial charge in [-0.25, -0.2) is 9.78 Å². The van der Waals surface area contributed by atoms with Crippen LogP contribution >= 0.6 is 11.8 Å². The Morgan fingerprint density at radius 3 is 2.68 bits per heavy atom. The predicted molar refractivity (Wildman–Crippen MR) is 112 cm³/mol. The van der Waals surface area contributed by atoms with E-state index >= 15 is 0 Å². The normalized spacial score (nSPS) is 15.8. The fourth-order valence-electron chi connectivity index (χ4n) is 3.53. The first-order valence-corrected chi connectivity index (χ1v) is 10.7. The molecule has 0 bridgehead atoms. The molecule has 0 unspecified atom stereocenters. The lowest BCUT2D eigenvalue weighted by molar-refractivity contribution is -0.119. The molecule has 1 aliphatic rings. The molecular weight excluding hydrogens is 372 g/mol. The van der Waals surface area contributed by atoms with Gasteiger partial charge >= 0.3 is 6.03 Å². The van der Waals surface area contributed by atoms with E-state index in [-0.39, 0.29) is 11.9 Å². The molecule has 0 aliphatic heterocycles. The van der Waals surface area contributed by atoms with Crippen molar-refractivity contribution in [3.63, 3.8) is 0 Å². The summed E-state index contributed by atoms with van der Waals surface area (Å²) >= 11 is 1.34. The van der Waals surface area contributed by atoms with E-state index in [0.717, 1.165) is 42.1 Å². The topological polar surface area (TPSA) is 76.0 Å². The van der Waals surface area contributed by atoms with Crippen molar-refractivity contribution in [1.82, 2.24) is 20.2 Å². The number of benzene rings is 1. The van der Waals surface area contributed by atoms with Crippen molar-refractivity contribution in [2.45, 2.75) is 69.3 Å². The van der Waals surface area contributed by atoms with Crippen LogP contribution < -0.4 is 10.6 Å². The molecule has 1 aromatic carbocycles. The zero-order valence-corrected chi connectivity index (χ0v) is 17.5. The average molecular weight is 401 g/mol. The minimum Gasteiger partial charge on any atom is -0.335 e. The van der Waals surface area contributed by atoms with E-state index in [4.69, 9.17) is 0 Å². The second kappa shape index (κ2) is 9.28. The third-order valence-corrected chi connectivity index (χ3v) is 6.13. The molecule has 2 N–H and O–H groups in total. The van der Waals surface area contributed by atoms with E-state index < -0.39 is 11.3 Å². The summed E-state index contributed by atoms with van der Waals surface area (Å²) in [5.74, 6) is -0.312.